The molecule has 0 aromatic heterocycles. The topological polar surface area (TPSA) is 125 Å². The first-order valence-electron chi connectivity index (χ1n) is 10.3. The van der Waals surface area contributed by atoms with Gasteiger partial charge < -0.3 is 14.2 Å². The molecule has 0 radical (unpaired) electrons. The number of benzene rings is 2. The van der Waals surface area contributed by atoms with Gasteiger partial charge in [-0.25, -0.2) is 4.79 Å². The minimum absolute atomic E-state index is 0.00173. The first kappa shape index (κ1) is 26.0. The number of hydrogen-bond acceptors (Lipinski definition) is 9. The zero-order valence-electron chi connectivity index (χ0n) is 19.0. The van der Waals surface area contributed by atoms with Crippen molar-refractivity contribution in [1.82, 2.24) is 4.90 Å². The summed E-state index contributed by atoms with van der Waals surface area (Å²) >= 11 is 7.09. The monoisotopic (exact) mass is 520 g/mol. The summed E-state index contributed by atoms with van der Waals surface area (Å²) in [4.78, 5) is 48.6. The SMILES string of the molecule is CCOC(=O)[C@H](C)N1C(=O)S/C(=C/c2cc(Cl)c(OCc3cccc([N+](=O)[O-])c3)c(OC)c2)C1=O. The van der Waals surface area contributed by atoms with Gasteiger partial charge in [0.05, 0.1) is 28.6 Å². The van der Waals surface area contributed by atoms with E-state index < -0.39 is 28.1 Å². The van der Waals surface area contributed by atoms with Crippen LogP contribution in [-0.4, -0.2) is 46.7 Å². The third-order valence-electron chi connectivity index (χ3n) is 4.89. The Morgan fingerprint density at radius 1 is 1.29 bits per heavy atom. The predicted octanol–water partition coefficient (Wildman–Crippen LogP) is 4.82. The highest BCUT2D eigenvalue weighted by atomic mass is 35.5. The predicted molar refractivity (Wildman–Crippen MR) is 129 cm³/mol. The lowest BCUT2D eigenvalue weighted by Gasteiger charge is -2.19. The van der Waals surface area contributed by atoms with Crippen molar-refractivity contribution < 1.29 is 33.5 Å². The van der Waals surface area contributed by atoms with Gasteiger partial charge in [-0.15, -0.1) is 0 Å². The van der Waals surface area contributed by atoms with E-state index in [1.54, 1.807) is 25.1 Å². The Kier molecular flexibility index (Phi) is 8.36. The van der Waals surface area contributed by atoms with Gasteiger partial charge in [0.2, 0.25) is 0 Å². The van der Waals surface area contributed by atoms with Gasteiger partial charge in [-0.05, 0) is 54.9 Å². The Balaban J connectivity index is 1.82. The summed E-state index contributed by atoms with van der Waals surface area (Å²) in [6.45, 7) is 3.18. The molecule has 35 heavy (non-hydrogen) atoms. The average molecular weight is 521 g/mol. The number of thioether (sulfide) groups is 1. The lowest BCUT2D eigenvalue weighted by Crippen LogP contribution is -2.42. The zero-order valence-corrected chi connectivity index (χ0v) is 20.6. The number of amides is 2. The molecule has 1 aliphatic heterocycles. The Labute approximate surface area is 209 Å². The van der Waals surface area contributed by atoms with E-state index in [0.29, 0.717) is 22.9 Å². The number of ether oxygens (including phenoxy) is 3. The van der Waals surface area contributed by atoms with Crippen molar-refractivity contribution in [2.24, 2.45) is 0 Å². The molecule has 1 aliphatic rings. The minimum Gasteiger partial charge on any atom is -0.493 e. The third kappa shape index (κ3) is 5.92. The first-order chi connectivity index (χ1) is 16.7. The second-order valence-corrected chi connectivity index (χ2v) is 8.63. The summed E-state index contributed by atoms with van der Waals surface area (Å²) < 4.78 is 16.0. The van der Waals surface area contributed by atoms with Crippen molar-refractivity contribution in [2.45, 2.75) is 26.5 Å². The number of carbonyl (C=O) groups is 3. The van der Waals surface area contributed by atoms with E-state index in [2.05, 4.69) is 0 Å². The van der Waals surface area contributed by atoms with Crippen molar-refractivity contribution in [3.05, 3.63) is 67.6 Å². The highest BCUT2D eigenvalue weighted by Gasteiger charge is 2.41. The molecule has 1 fully saturated rings. The van der Waals surface area contributed by atoms with Gasteiger partial charge >= 0.3 is 5.97 Å². The molecule has 1 heterocycles. The maximum Gasteiger partial charge on any atom is 0.329 e. The summed E-state index contributed by atoms with van der Waals surface area (Å²) in [5.74, 6) is -0.831. The maximum absolute atomic E-state index is 12.8. The number of esters is 1. The van der Waals surface area contributed by atoms with Crippen molar-refractivity contribution in [3.8, 4) is 11.5 Å². The van der Waals surface area contributed by atoms with Gasteiger partial charge in [0.25, 0.3) is 16.8 Å². The van der Waals surface area contributed by atoms with Crippen molar-refractivity contribution >= 4 is 52.2 Å². The van der Waals surface area contributed by atoms with Gasteiger partial charge in [0, 0.05) is 12.1 Å². The lowest BCUT2D eigenvalue weighted by atomic mass is 10.1. The van der Waals surface area contributed by atoms with E-state index in [-0.39, 0.29) is 40.3 Å². The second-order valence-electron chi connectivity index (χ2n) is 7.23. The number of carbonyl (C=O) groups excluding carboxylic acids is 3. The molecule has 2 aromatic carbocycles. The molecule has 0 aliphatic carbocycles. The molecule has 3 rings (SSSR count). The quantitative estimate of drug-likeness (QED) is 0.198. The van der Waals surface area contributed by atoms with Crippen molar-refractivity contribution in [1.29, 1.82) is 0 Å². The molecule has 0 bridgehead atoms. The molecule has 0 saturated carbocycles. The Hall–Kier alpha value is -3.57. The van der Waals surface area contributed by atoms with Crippen LogP contribution in [0.15, 0.2) is 41.3 Å². The Bertz CT molecular complexity index is 1220. The van der Waals surface area contributed by atoms with Crippen LogP contribution >= 0.6 is 23.4 Å². The second kappa shape index (κ2) is 11.2. The van der Waals surface area contributed by atoms with Crippen LogP contribution < -0.4 is 9.47 Å². The maximum atomic E-state index is 12.8. The summed E-state index contributed by atoms with van der Waals surface area (Å²) in [6.07, 6.45) is 1.46. The molecule has 2 amide bonds. The fourth-order valence-corrected chi connectivity index (χ4v) is 4.39. The van der Waals surface area contributed by atoms with E-state index in [1.165, 1.54) is 38.3 Å². The van der Waals surface area contributed by atoms with Crippen LogP contribution in [0.2, 0.25) is 5.02 Å². The largest absolute Gasteiger partial charge is 0.493 e. The van der Waals surface area contributed by atoms with Gasteiger partial charge in [-0.3, -0.25) is 24.6 Å². The minimum atomic E-state index is -1.06. The number of rotatable bonds is 9. The van der Waals surface area contributed by atoms with Gasteiger partial charge in [-0.2, -0.15) is 0 Å². The van der Waals surface area contributed by atoms with Crippen LogP contribution in [0.1, 0.15) is 25.0 Å². The lowest BCUT2D eigenvalue weighted by molar-refractivity contribution is -0.384. The molecule has 0 unspecified atom stereocenters. The van der Waals surface area contributed by atoms with Gasteiger partial charge in [-0.1, -0.05) is 23.7 Å². The summed E-state index contributed by atoms with van der Waals surface area (Å²) in [5.41, 5.74) is 0.959. The van der Waals surface area contributed by atoms with Crippen molar-refractivity contribution in [2.75, 3.05) is 13.7 Å². The van der Waals surface area contributed by atoms with Crippen LogP contribution in [0, 0.1) is 10.1 Å². The van der Waals surface area contributed by atoms with E-state index in [0.717, 1.165) is 4.90 Å². The number of non-ortho nitro benzene ring substituents is 1. The van der Waals surface area contributed by atoms with Crippen LogP contribution in [-0.2, 0) is 20.9 Å². The highest BCUT2D eigenvalue weighted by molar-refractivity contribution is 8.18. The van der Waals surface area contributed by atoms with Gasteiger partial charge in [0.1, 0.15) is 12.6 Å². The number of nitro groups is 1. The molecule has 2 aromatic rings. The fraction of sp³-hybridized carbons (Fsp3) is 0.261. The number of methoxy groups -OCH3 is 1. The first-order valence-corrected chi connectivity index (χ1v) is 11.5. The molecule has 10 nitrogen and oxygen atoms in total. The number of hydrogen-bond donors (Lipinski definition) is 0. The molecule has 1 atom stereocenters. The molecule has 12 heteroatoms. The van der Waals surface area contributed by atoms with Crippen LogP contribution in [0.3, 0.4) is 0 Å². The number of halogens is 1. The van der Waals surface area contributed by atoms with Gasteiger partial charge in [0.15, 0.2) is 11.5 Å². The molecular weight excluding hydrogens is 500 g/mol. The normalized spacial score (nSPS) is 15.3. The van der Waals surface area contributed by atoms with E-state index >= 15 is 0 Å². The number of nitrogens with zero attached hydrogens (tertiary/aromatic N) is 2. The molecule has 184 valence electrons. The van der Waals surface area contributed by atoms with Crippen LogP contribution in [0.5, 0.6) is 11.5 Å². The zero-order chi connectivity index (χ0) is 25.7. The van der Waals surface area contributed by atoms with E-state index in [1.807, 2.05) is 0 Å². The third-order valence-corrected chi connectivity index (χ3v) is 6.06. The number of imide groups is 1. The Morgan fingerprint density at radius 3 is 2.69 bits per heavy atom. The average Bonchev–Trinajstić information content (AvgIpc) is 3.10. The van der Waals surface area contributed by atoms with Crippen LogP contribution in [0.4, 0.5) is 10.5 Å². The van der Waals surface area contributed by atoms with E-state index in [4.69, 9.17) is 25.8 Å². The summed E-state index contributed by atoms with van der Waals surface area (Å²) in [5, 5.41) is 10.6. The van der Waals surface area contributed by atoms with E-state index in [9.17, 15) is 24.5 Å². The summed E-state index contributed by atoms with van der Waals surface area (Å²) in [7, 11) is 1.41. The molecular formula is C23H21ClN2O8S. The van der Waals surface area contributed by atoms with Crippen LogP contribution in [0.25, 0.3) is 6.08 Å². The molecule has 1 saturated heterocycles. The van der Waals surface area contributed by atoms with Crippen molar-refractivity contribution in [3.63, 3.8) is 0 Å². The molecule has 0 N–H and O–H groups in total. The standard InChI is InChI=1S/C23H21ClN2O8S/c1-4-33-22(28)13(2)25-21(27)19(35-23(25)29)11-15-9-17(24)20(18(10-15)32-3)34-12-14-6-5-7-16(8-14)26(30)31/h5-11,13H,4,12H2,1-3H3/b19-11+/t13-/m0/s1. The fourth-order valence-electron chi connectivity index (χ4n) is 3.21. The molecule has 0 spiro atoms. The smallest absolute Gasteiger partial charge is 0.329 e. The highest BCUT2D eigenvalue weighted by Crippen LogP contribution is 2.39. The summed E-state index contributed by atoms with van der Waals surface area (Å²) in [6, 6.07) is 8.02. The Morgan fingerprint density at radius 2 is 2.03 bits per heavy atom. The number of nitro benzene ring substituents is 1.